The van der Waals surface area contributed by atoms with Gasteiger partial charge in [-0.3, -0.25) is 0 Å². The summed E-state index contributed by atoms with van der Waals surface area (Å²) in [6.07, 6.45) is 2.21. The van der Waals surface area contributed by atoms with Crippen molar-refractivity contribution in [1.29, 1.82) is 0 Å². The number of hydrogen-bond acceptors (Lipinski definition) is 2. The molecule has 0 aromatic heterocycles. The fourth-order valence-corrected chi connectivity index (χ4v) is 2.41. The lowest BCUT2D eigenvalue weighted by Crippen LogP contribution is -2.25. The van der Waals surface area contributed by atoms with E-state index in [1.54, 1.807) is 6.92 Å². The molecule has 1 aromatic rings. The second-order valence-electron chi connectivity index (χ2n) is 4.86. The van der Waals surface area contributed by atoms with Crippen molar-refractivity contribution in [3.63, 3.8) is 0 Å². The molecule has 0 radical (unpaired) electrons. The standard InChI is InChI=1S/C14H20ClNO/c1-3-16(9-11-4-5-11)12-6-7-13(10(2)17)14(15)8-12/h6-8,10-11,17H,3-5,9H2,1-2H3. The molecule has 1 aliphatic rings. The summed E-state index contributed by atoms with van der Waals surface area (Å²) in [5, 5.41) is 10.2. The lowest BCUT2D eigenvalue weighted by molar-refractivity contribution is 0.199. The van der Waals surface area contributed by atoms with Gasteiger partial charge < -0.3 is 10.0 Å². The summed E-state index contributed by atoms with van der Waals surface area (Å²) in [5.41, 5.74) is 1.96. The fourth-order valence-electron chi connectivity index (χ4n) is 2.08. The Hall–Kier alpha value is -0.730. The number of aliphatic hydroxyl groups excluding tert-OH is 1. The van der Waals surface area contributed by atoms with Crippen LogP contribution >= 0.6 is 11.6 Å². The van der Waals surface area contributed by atoms with E-state index in [-0.39, 0.29) is 0 Å². The summed E-state index contributed by atoms with van der Waals surface area (Å²) < 4.78 is 0. The summed E-state index contributed by atoms with van der Waals surface area (Å²) in [4.78, 5) is 2.36. The highest BCUT2D eigenvalue weighted by atomic mass is 35.5. The van der Waals surface area contributed by atoms with Crippen LogP contribution in [0.4, 0.5) is 5.69 Å². The molecule has 1 fully saturated rings. The highest BCUT2D eigenvalue weighted by molar-refractivity contribution is 6.31. The Balaban J connectivity index is 2.16. The quantitative estimate of drug-likeness (QED) is 0.866. The average Bonchev–Trinajstić information content (AvgIpc) is 3.09. The van der Waals surface area contributed by atoms with Crippen molar-refractivity contribution >= 4 is 17.3 Å². The zero-order valence-corrected chi connectivity index (χ0v) is 11.2. The number of hydrogen-bond donors (Lipinski definition) is 1. The van der Waals surface area contributed by atoms with Gasteiger partial charge in [0, 0.05) is 23.8 Å². The van der Waals surface area contributed by atoms with Crippen LogP contribution in [0.5, 0.6) is 0 Å². The predicted octanol–water partition coefficient (Wildman–Crippen LogP) is 3.63. The van der Waals surface area contributed by atoms with Gasteiger partial charge in [-0.2, -0.15) is 0 Å². The van der Waals surface area contributed by atoms with Crippen LogP contribution in [-0.4, -0.2) is 18.2 Å². The van der Waals surface area contributed by atoms with Crippen LogP contribution in [0.3, 0.4) is 0 Å². The van der Waals surface area contributed by atoms with Gasteiger partial charge >= 0.3 is 0 Å². The first-order chi connectivity index (χ1) is 8.11. The zero-order chi connectivity index (χ0) is 12.4. The molecule has 1 saturated carbocycles. The van der Waals surface area contributed by atoms with Gasteiger partial charge in [0.15, 0.2) is 0 Å². The molecule has 0 heterocycles. The SMILES string of the molecule is CCN(CC1CC1)c1ccc(C(C)O)c(Cl)c1. The number of nitrogens with zero attached hydrogens (tertiary/aromatic N) is 1. The molecule has 0 saturated heterocycles. The molecule has 1 aromatic carbocycles. The molecule has 0 amide bonds. The number of anilines is 1. The highest BCUT2D eigenvalue weighted by Crippen LogP contribution is 2.33. The van der Waals surface area contributed by atoms with Crippen LogP contribution in [0, 0.1) is 5.92 Å². The Morgan fingerprint density at radius 3 is 2.65 bits per heavy atom. The van der Waals surface area contributed by atoms with E-state index >= 15 is 0 Å². The van der Waals surface area contributed by atoms with E-state index in [0.717, 1.165) is 30.3 Å². The third-order valence-corrected chi connectivity index (χ3v) is 3.68. The summed E-state index contributed by atoms with van der Waals surface area (Å²) in [7, 11) is 0. The monoisotopic (exact) mass is 253 g/mol. The van der Waals surface area contributed by atoms with E-state index in [1.165, 1.54) is 12.8 Å². The molecular weight excluding hydrogens is 234 g/mol. The molecule has 3 heteroatoms. The van der Waals surface area contributed by atoms with Gasteiger partial charge in [0.1, 0.15) is 0 Å². The summed E-state index contributed by atoms with van der Waals surface area (Å²) >= 11 is 6.19. The Kier molecular flexibility index (Phi) is 3.95. The minimum absolute atomic E-state index is 0.505. The largest absolute Gasteiger partial charge is 0.389 e. The van der Waals surface area contributed by atoms with Crippen LogP contribution < -0.4 is 4.90 Å². The molecule has 2 rings (SSSR count). The second-order valence-corrected chi connectivity index (χ2v) is 5.27. The van der Waals surface area contributed by atoms with E-state index in [2.05, 4.69) is 17.9 Å². The molecular formula is C14H20ClNO. The second kappa shape index (κ2) is 5.28. The van der Waals surface area contributed by atoms with E-state index < -0.39 is 6.10 Å². The number of aliphatic hydroxyl groups is 1. The van der Waals surface area contributed by atoms with Crippen molar-refractivity contribution in [1.82, 2.24) is 0 Å². The lowest BCUT2D eigenvalue weighted by Gasteiger charge is -2.24. The van der Waals surface area contributed by atoms with Crippen LogP contribution in [0.15, 0.2) is 18.2 Å². The van der Waals surface area contributed by atoms with E-state index in [1.807, 2.05) is 12.1 Å². The lowest BCUT2D eigenvalue weighted by atomic mass is 10.1. The fraction of sp³-hybridized carbons (Fsp3) is 0.571. The molecule has 2 nitrogen and oxygen atoms in total. The third kappa shape index (κ3) is 3.14. The van der Waals surface area contributed by atoms with E-state index in [0.29, 0.717) is 5.02 Å². The number of benzene rings is 1. The average molecular weight is 254 g/mol. The number of halogens is 1. The Labute approximate surface area is 108 Å². The van der Waals surface area contributed by atoms with Gasteiger partial charge in [0.2, 0.25) is 0 Å². The molecule has 1 unspecified atom stereocenters. The minimum Gasteiger partial charge on any atom is -0.389 e. The van der Waals surface area contributed by atoms with E-state index in [4.69, 9.17) is 11.6 Å². The van der Waals surface area contributed by atoms with Gasteiger partial charge in [-0.25, -0.2) is 0 Å². The Morgan fingerprint density at radius 2 is 2.18 bits per heavy atom. The van der Waals surface area contributed by atoms with Crippen LogP contribution in [0.1, 0.15) is 38.4 Å². The van der Waals surface area contributed by atoms with Crippen LogP contribution in [-0.2, 0) is 0 Å². The van der Waals surface area contributed by atoms with Crippen molar-refractivity contribution in [2.45, 2.75) is 32.8 Å². The maximum Gasteiger partial charge on any atom is 0.0776 e. The topological polar surface area (TPSA) is 23.5 Å². The Morgan fingerprint density at radius 1 is 1.47 bits per heavy atom. The molecule has 0 bridgehead atoms. The molecule has 1 atom stereocenters. The maximum atomic E-state index is 9.55. The van der Waals surface area contributed by atoms with Gasteiger partial charge in [-0.05, 0) is 50.3 Å². The maximum absolute atomic E-state index is 9.55. The molecule has 0 aliphatic heterocycles. The Bertz CT molecular complexity index is 388. The van der Waals surface area contributed by atoms with Crippen molar-refractivity contribution in [2.75, 3.05) is 18.0 Å². The zero-order valence-electron chi connectivity index (χ0n) is 10.5. The van der Waals surface area contributed by atoms with Crippen LogP contribution in [0.2, 0.25) is 5.02 Å². The van der Waals surface area contributed by atoms with E-state index in [9.17, 15) is 5.11 Å². The third-order valence-electron chi connectivity index (χ3n) is 3.36. The molecule has 1 aliphatic carbocycles. The number of rotatable bonds is 5. The molecule has 94 valence electrons. The van der Waals surface area contributed by atoms with Crippen molar-refractivity contribution in [3.8, 4) is 0 Å². The highest BCUT2D eigenvalue weighted by Gasteiger charge is 2.24. The van der Waals surface area contributed by atoms with Crippen LogP contribution in [0.25, 0.3) is 0 Å². The first kappa shape index (κ1) is 12.7. The van der Waals surface area contributed by atoms with Crippen molar-refractivity contribution in [2.24, 2.45) is 5.92 Å². The van der Waals surface area contributed by atoms with Crippen molar-refractivity contribution < 1.29 is 5.11 Å². The summed E-state index contributed by atoms with van der Waals surface area (Å²) in [6.45, 7) is 6.03. The van der Waals surface area contributed by atoms with Gasteiger partial charge in [0.25, 0.3) is 0 Å². The molecule has 1 N–H and O–H groups in total. The van der Waals surface area contributed by atoms with Gasteiger partial charge in [-0.1, -0.05) is 17.7 Å². The first-order valence-corrected chi connectivity index (χ1v) is 6.72. The van der Waals surface area contributed by atoms with Gasteiger partial charge in [0.05, 0.1) is 6.10 Å². The summed E-state index contributed by atoms with van der Waals surface area (Å²) in [5.74, 6) is 0.866. The first-order valence-electron chi connectivity index (χ1n) is 6.34. The molecule has 17 heavy (non-hydrogen) atoms. The van der Waals surface area contributed by atoms with Crippen molar-refractivity contribution in [3.05, 3.63) is 28.8 Å². The van der Waals surface area contributed by atoms with Gasteiger partial charge in [-0.15, -0.1) is 0 Å². The smallest absolute Gasteiger partial charge is 0.0776 e. The minimum atomic E-state index is -0.505. The molecule has 0 spiro atoms. The normalized spacial score (nSPS) is 16.9. The summed E-state index contributed by atoms with van der Waals surface area (Å²) in [6, 6.07) is 5.95. The predicted molar refractivity (Wildman–Crippen MR) is 72.7 cm³/mol.